The van der Waals surface area contributed by atoms with Crippen LogP contribution >= 0.6 is 22.7 Å². The van der Waals surface area contributed by atoms with Gasteiger partial charge < -0.3 is 19.7 Å². The molecule has 5 rings (SSSR count). The van der Waals surface area contributed by atoms with Gasteiger partial charge in [-0.25, -0.2) is 4.98 Å². The molecule has 0 fully saturated rings. The van der Waals surface area contributed by atoms with E-state index in [-0.39, 0.29) is 23.5 Å². The fourth-order valence-corrected chi connectivity index (χ4v) is 6.22. The Balaban J connectivity index is 1.58. The van der Waals surface area contributed by atoms with Crippen LogP contribution in [-0.4, -0.2) is 52.4 Å². The van der Waals surface area contributed by atoms with Crippen LogP contribution in [0.1, 0.15) is 27.9 Å². The molecule has 1 aliphatic rings. The summed E-state index contributed by atoms with van der Waals surface area (Å²) in [6.07, 6.45) is 0.696. The van der Waals surface area contributed by atoms with E-state index in [1.807, 2.05) is 29.2 Å². The normalized spacial score (nSPS) is 13.0. The van der Waals surface area contributed by atoms with E-state index >= 15 is 0 Å². The molecule has 3 aromatic heterocycles. The van der Waals surface area contributed by atoms with Crippen LogP contribution < -0.4 is 14.8 Å². The van der Waals surface area contributed by atoms with E-state index in [1.165, 1.54) is 31.6 Å². The van der Waals surface area contributed by atoms with E-state index in [0.29, 0.717) is 24.5 Å². The number of fused-ring (bicyclic) bond motifs is 2. The Labute approximate surface area is 203 Å². The van der Waals surface area contributed by atoms with Gasteiger partial charge in [0.15, 0.2) is 0 Å². The molecule has 0 radical (unpaired) electrons. The summed E-state index contributed by atoms with van der Waals surface area (Å²) >= 11 is 3.05. The van der Waals surface area contributed by atoms with Crippen LogP contribution in [0.5, 0.6) is 11.9 Å². The Kier molecular flexibility index (Phi) is 5.88. The van der Waals surface area contributed by atoms with E-state index in [0.717, 1.165) is 31.2 Å². The molecule has 0 saturated heterocycles. The molecule has 11 heteroatoms. The SMILES string of the molecule is COc1cc(C(=O)Nc2sc3c(c2-c2nc4ccccc4s2)CCN(C(C)=O)C3)nc(OC)n1. The van der Waals surface area contributed by atoms with Crippen LogP contribution in [0.4, 0.5) is 5.00 Å². The average molecular weight is 496 g/mol. The van der Waals surface area contributed by atoms with E-state index in [2.05, 4.69) is 15.3 Å². The number of amides is 2. The van der Waals surface area contributed by atoms with Crippen LogP contribution in [0.15, 0.2) is 30.3 Å². The smallest absolute Gasteiger partial charge is 0.320 e. The number of anilines is 1. The zero-order valence-electron chi connectivity index (χ0n) is 18.7. The highest BCUT2D eigenvalue weighted by Gasteiger charge is 2.29. The number of thiazole rings is 1. The quantitative estimate of drug-likeness (QED) is 0.446. The Morgan fingerprint density at radius 3 is 2.65 bits per heavy atom. The van der Waals surface area contributed by atoms with Crippen molar-refractivity contribution in [2.24, 2.45) is 0 Å². The molecule has 4 heterocycles. The van der Waals surface area contributed by atoms with Crippen molar-refractivity contribution in [1.82, 2.24) is 19.9 Å². The molecule has 1 N–H and O–H groups in total. The number of ether oxygens (including phenoxy) is 2. The molecule has 4 aromatic rings. The van der Waals surface area contributed by atoms with Crippen molar-refractivity contribution in [3.63, 3.8) is 0 Å². The van der Waals surface area contributed by atoms with Gasteiger partial charge in [-0.3, -0.25) is 9.59 Å². The van der Waals surface area contributed by atoms with Crippen LogP contribution in [-0.2, 0) is 17.8 Å². The minimum absolute atomic E-state index is 0.0337. The second kappa shape index (κ2) is 8.99. The summed E-state index contributed by atoms with van der Waals surface area (Å²) in [5, 5.41) is 4.53. The first-order valence-corrected chi connectivity index (χ1v) is 12.1. The highest BCUT2D eigenvalue weighted by atomic mass is 32.1. The summed E-state index contributed by atoms with van der Waals surface area (Å²) in [7, 11) is 2.89. The number of carbonyl (C=O) groups is 2. The number of para-hydroxylation sites is 1. The second-order valence-corrected chi connectivity index (χ2v) is 9.76. The standard InChI is InChI=1S/C23H21N5O4S2/c1-12(29)28-9-8-13-17(11-28)34-22(19(13)21-24-14-6-4-5-7-16(14)33-21)27-20(30)15-10-18(31-2)26-23(25-15)32-3/h4-7,10H,8-9,11H2,1-3H3,(H,27,30). The third-order valence-corrected chi connectivity index (χ3v) is 7.73. The van der Waals surface area contributed by atoms with Crippen molar-refractivity contribution in [2.45, 2.75) is 19.9 Å². The summed E-state index contributed by atoms with van der Waals surface area (Å²) in [5.74, 6) is -0.152. The monoisotopic (exact) mass is 495 g/mol. The summed E-state index contributed by atoms with van der Waals surface area (Å²) in [6.45, 7) is 2.72. The van der Waals surface area contributed by atoms with Crippen molar-refractivity contribution in [2.75, 3.05) is 26.1 Å². The summed E-state index contributed by atoms with van der Waals surface area (Å²) in [6, 6.07) is 9.45. The van der Waals surface area contributed by atoms with Crippen molar-refractivity contribution < 1.29 is 19.1 Å². The first-order chi connectivity index (χ1) is 16.5. The van der Waals surface area contributed by atoms with Gasteiger partial charge in [-0.1, -0.05) is 12.1 Å². The fraction of sp³-hybridized carbons (Fsp3) is 0.261. The van der Waals surface area contributed by atoms with Crippen molar-refractivity contribution in [1.29, 1.82) is 0 Å². The Morgan fingerprint density at radius 2 is 1.91 bits per heavy atom. The Bertz CT molecular complexity index is 1360. The molecule has 0 atom stereocenters. The maximum atomic E-state index is 13.2. The van der Waals surface area contributed by atoms with Crippen LogP contribution in [0.25, 0.3) is 20.8 Å². The molecule has 0 unspecified atom stereocenters. The van der Waals surface area contributed by atoms with Gasteiger partial charge in [0.2, 0.25) is 11.8 Å². The second-order valence-electron chi connectivity index (χ2n) is 7.62. The zero-order valence-corrected chi connectivity index (χ0v) is 20.4. The van der Waals surface area contributed by atoms with E-state index in [4.69, 9.17) is 14.5 Å². The number of rotatable bonds is 5. The number of aromatic nitrogens is 3. The predicted molar refractivity (Wildman–Crippen MR) is 131 cm³/mol. The number of methoxy groups -OCH3 is 2. The lowest BCUT2D eigenvalue weighted by Gasteiger charge is -2.26. The number of hydrogen-bond acceptors (Lipinski definition) is 9. The van der Waals surface area contributed by atoms with E-state index < -0.39 is 5.91 Å². The molecule has 0 bridgehead atoms. The molecule has 0 aliphatic carbocycles. The maximum absolute atomic E-state index is 13.2. The summed E-state index contributed by atoms with van der Waals surface area (Å²) in [4.78, 5) is 41.1. The topological polar surface area (TPSA) is 107 Å². The highest BCUT2D eigenvalue weighted by molar-refractivity contribution is 7.23. The lowest BCUT2D eigenvalue weighted by molar-refractivity contribution is -0.129. The Hall–Kier alpha value is -3.57. The lowest BCUT2D eigenvalue weighted by atomic mass is 10.0. The molecular weight excluding hydrogens is 474 g/mol. The fourth-order valence-electron chi connectivity index (χ4n) is 3.85. The lowest BCUT2D eigenvalue weighted by Crippen LogP contribution is -2.33. The number of nitrogens with one attached hydrogen (secondary N) is 1. The van der Waals surface area contributed by atoms with Gasteiger partial charge in [0.1, 0.15) is 15.7 Å². The van der Waals surface area contributed by atoms with Crippen LogP contribution in [0, 0.1) is 0 Å². The van der Waals surface area contributed by atoms with Crippen molar-refractivity contribution in [3.05, 3.63) is 46.5 Å². The average Bonchev–Trinajstić information content (AvgIpc) is 3.43. The molecule has 1 aliphatic heterocycles. The number of hydrogen-bond donors (Lipinski definition) is 1. The van der Waals surface area contributed by atoms with Crippen molar-refractivity contribution >= 4 is 49.7 Å². The van der Waals surface area contributed by atoms with E-state index in [9.17, 15) is 9.59 Å². The molecule has 34 heavy (non-hydrogen) atoms. The zero-order chi connectivity index (χ0) is 23.8. The van der Waals surface area contributed by atoms with Crippen LogP contribution in [0.2, 0.25) is 0 Å². The van der Waals surface area contributed by atoms with Crippen molar-refractivity contribution in [3.8, 4) is 22.5 Å². The number of nitrogens with zero attached hydrogens (tertiary/aromatic N) is 4. The first kappa shape index (κ1) is 22.2. The maximum Gasteiger partial charge on any atom is 0.320 e. The molecule has 0 spiro atoms. The molecule has 0 saturated carbocycles. The minimum Gasteiger partial charge on any atom is -0.481 e. The van der Waals surface area contributed by atoms with Gasteiger partial charge >= 0.3 is 6.01 Å². The van der Waals surface area contributed by atoms with Crippen LogP contribution in [0.3, 0.4) is 0 Å². The Morgan fingerprint density at radius 1 is 1.09 bits per heavy atom. The number of benzene rings is 1. The third kappa shape index (κ3) is 4.08. The number of thiophene rings is 1. The largest absolute Gasteiger partial charge is 0.481 e. The van der Waals surface area contributed by atoms with Gasteiger partial charge in [-0.2, -0.15) is 9.97 Å². The summed E-state index contributed by atoms with van der Waals surface area (Å²) in [5.41, 5.74) is 3.06. The minimum atomic E-state index is -0.414. The predicted octanol–water partition coefficient (Wildman–Crippen LogP) is 3.99. The van der Waals surface area contributed by atoms with Gasteiger partial charge in [-0.15, -0.1) is 22.7 Å². The van der Waals surface area contributed by atoms with E-state index in [1.54, 1.807) is 18.3 Å². The molecule has 1 aromatic carbocycles. The number of carbonyl (C=O) groups excluding carboxylic acids is 2. The molecule has 9 nitrogen and oxygen atoms in total. The first-order valence-electron chi connectivity index (χ1n) is 10.5. The summed E-state index contributed by atoms with van der Waals surface area (Å²) < 4.78 is 11.3. The molecule has 2 amide bonds. The highest BCUT2D eigenvalue weighted by Crippen LogP contribution is 2.45. The molecule has 174 valence electrons. The third-order valence-electron chi connectivity index (χ3n) is 5.54. The van der Waals surface area contributed by atoms with Gasteiger partial charge in [-0.05, 0) is 24.1 Å². The molecular formula is C23H21N5O4S2. The van der Waals surface area contributed by atoms with Gasteiger partial charge in [0.05, 0.1) is 31.0 Å². The van der Waals surface area contributed by atoms with Gasteiger partial charge in [0.25, 0.3) is 5.91 Å². The van der Waals surface area contributed by atoms with Gasteiger partial charge in [0, 0.05) is 30.0 Å².